The normalized spacial score (nSPS) is 18.4. The summed E-state index contributed by atoms with van der Waals surface area (Å²) >= 11 is 5.48. The molecular formula is C21H29N5O2S. The average Bonchev–Trinajstić information content (AvgIpc) is 2.84. The number of nitrogens with one attached hydrogen (secondary N) is 2. The van der Waals surface area contributed by atoms with Crippen LogP contribution in [0.3, 0.4) is 0 Å². The fourth-order valence-electron chi connectivity index (χ4n) is 3.92. The number of carbonyl (C=O) groups excluding carboxylic acids is 1. The molecule has 1 amide bonds. The van der Waals surface area contributed by atoms with E-state index in [2.05, 4.69) is 31.4 Å². The van der Waals surface area contributed by atoms with E-state index in [0.29, 0.717) is 23.0 Å². The molecule has 0 aliphatic carbocycles. The number of thiocarbonyl (C=S) groups is 1. The number of benzene rings is 1. The van der Waals surface area contributed by atoms with Crippen molar-refractivity contribution in [1.82, 2.24) is 19.6 Å². The van der Waals surface area contributed by atoms with Crippen molar-refractivity contribution in [2.24, 2.45) is 7.05 Å². The monoisotopic (exact) mass is 415 g/mol. The molecular weight excluding hydrogens is 386 g/mol. The first-order chi connectivity index (χ1) is 13.6. The maximum Gasteiger partial charge on any atom is 0.295 e. The molecule has 156 valence electrons. The van der Waals surface area contributed by atoms with E-state index in [1.165, 1.54) is 0 Å². The van der Waals surface area contributed by atoms with Crippen LogP contribution in [-0.4, -0.2) is 43.4 Å². The Bertz CT molecular complexity index is 977. The van der Waals surface area contributed by atoms with E-state index in [-0.39, 0.29) is 29.5 Å². The van der Waals surface area contributed by atoms with Crippen LogP contribution in [0.2, 0.25) is 0 Å². The summed E-state index contributed by atoms with van der Waals surface area (Å²) in [7, 11) is 1.81. The minimum absolute atomic E-state index is 0.0427. The lowest BCUT2D eigenvalue weighted by Gasteiger charge is -2.44. The first-order valence-corrected chi connectivity index (χ1v) is 10.2. The Morgan fingerprint density at radius 1 is 1.31 bits per heavy atom. The Morgan fingerprint density at radius 2 is 1.97 bits per heavy atom. The molecule has 2 heterocycles. The third-order valence-corrected chi connectivity index (χ3v) is 5.78. The summed E-state index contributed by atoms with van der Waals surface area (Å²) in [6.07, 6.45) is 1.19. The summed E-state index contributed by atoms with van der Waals surface area (Å²) in [5, 5.41) is 6.81. The standard InChI is InChI=1S/C21H29N5O2S/c1-14-13-21(3,4)23-20(29)25(14)12-11-17(27)22-18-15(2)24(5)26(19(18)28)16-9-7-6-8-10-16/h6-10,14H,11-13H2,1-5H3,(H,22,27)(H,23,29). The third-order valence-electron chi connectivity index (χ3n) is 5.44. The van der Waals surface area contributed by atoms with Gasteiger partial charge in [0.05, 0.1) is 11.4 Å². The molecule has 7 nitrogen and oxygen atoms in total. The fraction of sp³-hybridized carbons (Fsp3) is 0.476. The second-order valence-corrected chi connectivity index (χ2v) is 8.68. The van der Waals surface area contributed by atoms with Crippen LogP contribution in [0.5, 0.6) is 0 Å². The Balaban J connectivity index is 1.71. The van der Waals surface area contributed by atoms with E-state index in [1.807, 2.05) is 42.2 Å². The van der Waals surface area contributed by atoms with E-state index < -0.39 is 0 Å². The topological polar surface area (TPSA) is 71.3 Å². The Labute approximate surface area is 176 Å². The smallest absolute Gasteiger partial charge is 0.295 e. The number of nitrogens with zero attached hydrogens (tertiary/aromatic N) is 3. The lowest BCUT2D eigenvalue weighted by Crippen LogP contribution is -2.60. The quantitative estimate of drug-likeness (QED) is 0.735. The molecule has 1 fully saturated rings. The van der Waals surface area contributed by atoms with Crippen LogP contribution in [0.4, 0.5) is 5.69 Å². The largest absolute Gasteiger partial charge is 0.358 e. The van der Waals surface area contributed by atoms with Gasteiger partial charge in [0.2, 0.25) is 5.91 Å². The lowest BCUT2D eigenvalue weighted by atomic mass is 9.93. The number of anilines is 1. The molecule has 1 unspecified atom stereocenters. The maximum absolute atomic E-state index is 12.9. The predicted octanol–water partition coefficient (Wildman–Crippen LogP) is 2.56. The molecule has 1 aliphatic heterocycles. The Hall–Kier alpha value is -2.61. The van der Waals surface area contributed by atoms with Crippen LogP contribution in [0, 0.1) is 6.92 Å². The minimum atomic E-state index is -0.241. The summed E-state index contributed by atoms with van der Waals surface area (Å²) in [5.74, 6) is -0.198. The summed E-state index contributed by atoms with van der Waals surface area (Å²) in [4.78, 5) is 27.6. The highest BCUT2D eigenvalue weighted by Crippen LogP contribution is 2.22. The molecule has 1 atom stereocenters. The van der Waals surface area contributed by atoms with E-state index >= 15 is 0 Å². The number of hydrogen-bond acceptors (Lipinski definition) is 3. The molecule has 29 heavy (non-hydrogen) atoms. The van der Waals surface area contributed by atoms with E-state index in [1.54, 1.807) is 16.4 Å². The van der Waals surface area contributed by atoms with Gasteiger partial charge in [-0.1, -0.05) is 18.2 Å². The van der Waals surface area contributed by atoms with Gasteiger partial charge in [-0.3, -0.25) is 14.3 Å². The Kier molecular flexibility index (Phi) is 5.84. The summed E-state index contributed by atoms with van der Waals surface area (Å²) < 4.78 is 3.31. The third kappa shape index (κ3) is 4.37. The highest BCUT2D eigenvalue weighted by Gasteiger charge is 2.33. The minimum Gasteiger partial charge on any atom is -0.358 e. The SMILES string of the molecule is Cc1c(NC(=O)CCN2C(=S)NC(C)(C)CC2C)c(=O)n(-c2ccccc2)n1C. The van der Waals surface area contributed by atoms with Crippen molar-refractivity contribution >= 4 is 28.9 Å². The second kappa shape index (κ2) is 8.02. The van der Waals surface area contributed by atoms with Crippen molar-refractivity contribution in [3.8, 4) is 5.69 Å². The van der Waals surface area contributed by atoms with Crippen molar-refractivity contribution in [2.45, 2.75) is 52.1 Å². The molecule has 1 aliphatic rings. The zero-order valence-electron chi connectivity index (χ0n) is 17.7. The summed E-state index contributed by atoms with van der Waals surface area (Å²) in [5.41, 5.74) is 1.49. The average molecular weight is 416 g/mol. The molecule has 1 saturated heterocycles. The van der Waals surface area contributed by atoms with Crippen molar-refractivity contribution < 1.29 is 4.79 Å². The molecule has 0 spiro atoms. The van der Waals surface area contributed by atoms with Crippen LogP contribution in [0.15, 0.2) is 35.1 Å². The summed E-state index contributed by atoms with van der Waals surface area (Å²) in [6.45, 7) is 8.69. The van der Waals surface area contributed by atoms with E-state index in [9.17, 15) is 9.59 Å². The van der Waals surface area contributed by atoms with Crippen LogP contribution in [0.25, 0.3) is 5.69 Å². The highest BCUT2D eigenvalue weighted by atomic mass is 32.1. The van der Waals surface area contributed by atoms with Crippen LogP contribution < -0.4 is 16.2 Å². The van der Waals surface area contributed by atoms with Gasteiger partial charge in [-0.2, -0.15) is 0 Å². The number of para-hydroxylation sites is 1. The van der Waals surface area contributed by atoms with Gasteiger partial charge in [0.1, 0.15) is 5.69 Å². The zero-order chi connectivity index (χ0) is 21.3. The molecule has 0 radical (unpaired) electrons. The fourth-order valence-corrected chi connectivity index (χ4v) is 4.47. The van der Waals surface area contributed by atoms with Gasteiger partial charge in [0.25, 0.3) is 5.56 Å². The molecule has 2 N–H and O–H groups in total. The molecule has 2 aromatic rings. The van der Waals surface area contributed by atoms with Gasteiger partial charge in [-0.25, -0.2) is 4.68 Å². The van der Waals surface area contributed by atoms with Gasteiger partial charge in [0.15, 0.2) is 5.11 Å². The van der Waals surface area contributed by atoms with Gasteiger partial charge < -0.3 is 15.5 Å². The number of aromatic nitrogens is 2. The van der Waals surface area contributed by atoms with Crippen molar-refractivity contribution in [3.05, 3.63) is 46.4 Å². The van der Waals surface area contributed by atoms with Crippen molar-refractivity contribution in [3.63, 3.8) is 0 Å². The van der Waals surface area contributed by atoms with Gasteiger partial charge in [-0.05, 0) is 58.5 Å². The van der Waals surface area contributed by atoms with Gasteiger partial charge >= 0.3 is 0 Å². The molecule has 1 aromatic carbocycles. The molecule has 1 aromatic heterocycles. The molecule has 0 bridgehead atoms. The van der Waals surface area contributed by atoms with Crippen molar-refractivity contribution in [1.29, 1.82) is 0 Å². The van der Waals surface area contributed by atoms with Crippen LogP contribution in [-0.2, 0) is 11.8 Å². The number of amides is 1. The number of carbonyl (C=O) groups is 1. The van der Waals surface area contributed by atoms with Crippen LogP contribution >= 0.6 is 12.2 Å². The van der Waals surface area contributed by atoms with Gasteiger partial charge in [-0.15, -0.1) is 0 Å². The predicted molar refractivity (Wildman–Crippen MR) is 120 cm³/mol. The highest BCUT2D eigenvalue weighted by molar-refractivity contribution is 7.80. The molecule has 0 saturated carbocycles. The number of rotatable bonds is 5. The summed E-state index contributed by atoms with van der Waals surface area (Å²) in [6, 6.07) is 9.62. The zero-order valence-corrected chi connectivity index (χ0v) is 18.5. The van der Waals surface area contributed by atoms with Gasteiger partial charge in [0, 0.05) is 31.6 Å². The van der Waals surface area contributed by atoms with E-state index in [0.717, 1.165) is 12.1 Å². The van der Waals surface area contributed by atoms with E-state index in [4.69, 9.17) is 12.2 Å². The van der Waals surface area contributed by atoms with Crippen LogP contribution in [0.1, 0.15) is 39.3 Å². The number of hydrogen-bond donors (Lipinski definition) is 2. The first kappa shape index (κ1) is 21.1. The first-order valence-electron chi connectivity index (χ1n) is 9.83. The second-order valence-electron chi connectivity index (χ2n) is 8.30. The maximum atomic E-state index is 12.9. The molecule has 8 heteroatoms. The lowest BCUT2D eigenvalue weighted by molar-refractivity contribution is -0.116. The molecule has 3 rings (SSSR count). The van der Waals surface area contributed by atoms with Crippen molar-refractivity contribution in [2.75, 3.05) is 11.9 Å². The Morgan fingerprint density at radius 3 is 2.59 bits per heavy atom.